The summed E-state index contributed by atoms with van der Waals surface area (Å²) in [6.45, 7) is 7.05. The minimum Gasteiger partial charge on any atom is -0.496 e. The quantitative estimate of drug-likeness (QED) is 0.751. The molecular formula is C14H17NO2. The van der Waals surface area contributed by atoms with Crippen LogP contribution in [-0.4, -0.2) is 12.9 Å². The monoisotopic (exact) mass is 231 g/mol. The molecule has 3 heteroatoms. The van der Waals surface area contributed by atoms with E-state index >= 15 is 0 Å². The smallest absolute Gasteiger partial charge is 0.186 e. The molecule has 0 spiro atoms. The lowest BCUT2D eigenvalue weighted by molar-refractivity contribution is 0.0888. The number of ether oxygens (including phenoxy) is 1. The van der Waals surface area contributed by atoms with Crippen molar-refractivity contribution in [2.45, 2.75) is 27.7 Å². The molecule has 0 N–H and O–H groups in total. The molecule has 90 valence electrons. The Balaban J connectivity index is 3.42. The third kappa shape index (κ3) is 2.47. The Morgan fingerprint density at radius 3 is 2.41 bits per heavy atom. The van der Waals surface area contributed by atoms with E-state index in [-0.39, 0.29) is 5.78 Å². The number of Topliss-reactive ketones (excluding diaryl/α,β-unsaturated/α-hetero) is 1. The minimum absolute atomic E-state index is 0.205. The molecule has 0 unspecified atom stereocenters. The fourth-order valence-corrected chi connectivity index (χ4v) is 1.78. The molecule has 1 aromatic rings. The van der Waals surface area contributed by atoms with Crippen molar-refractivity contribution < 1.29 is 9.53 Å². The number of carbonyl (C=O) groups excluding carboxylic acids is 1. The molecule has 0 aromatic heterocycles. The van der Waals surface area contributed by atoms with Gasteiger partial charge in [-0.25, -0.2) is 0 Å². The third-order valence-corrected chi connectivity index (χ3v) is 2.71. The second-order valence-corrected chi connectivity index (χ2v) is 4.73. The second-order valence-electron chi connectivity index (χ2n) is 4.73. The number of carbonyl (C=O) groups is 1. The van der Waals surface area contributed by atoms with Gasteiger partial charge < -0.3 is 4.74 Å². The molecule has 3 nitrogen and oxygen atoms in total. The van der Waals surface area contributed by atoms with Gasteiger partial charge in [-0.15, -0.1) is 0 Å². The first-order valence-corrected chi connectivity index (χ1v) is 5.44. The second kappa shape index (κ2) is 4.58. The molecule has 0 heterocycles. The predicted octanol–water partition coefficient (Wildman–Crippen LogP) is 3.04. The van der Waals surface area contributed by atoms with E-state index in [9.17, 15) is 4.79 Å². The van der Waals surface area contributed by atoms with Crippen LogP contribution in [0, 0.1) is 30.6 Å². The van der Waals surface area contributed by atoms with Gasteiger partial charge in [-0.2, -0.15) is 5.26 Å². The molecule has 0 bridgehead atoms. The highest BCUT2D eigenvalue weighted by atomic mass is 16.5. The zero-order valence-corrected chi connectivity index (χ0v) is 10.9. The Kier molecular flexibility index (Phi) is 3.57. The third-order valence-electron chi connectivity index (χ3n) is 2.71. The summed E-state index contributed by atoms with van der Waals surface area (Å²) in [5.41, 5.74) is 1.34. The van der Waals surface area contributed by atoms with Crippen molar-refractivity contribution in [2.75, 3.05) is 7.11 Å². The number of hydrogen-bond acceptors (Lipinski definition) is 3. The SMILES string of the molecule is COc1c(C)cc(C)cc1C(=O)C(C)(C)C#N. The molecule has 0 aliphatic heterocycles. The summed E-state index contributed by atoms with van der Waals surface area (Å²) >= 11 is 0. The zero-order chi connectivity index (χ0) is 13.2. The summed E-state index contributed by atoms with van der Waals surface area (Å²) in [6.07, 6.45) is 0. The number of nitriles is 1. The number of nitrogens with zero attached hydrogens (tertiary/aromatic N) is 1. The van der Waals surface area contributed by atoms with Crippen molar-refractivity contribution in [1.29, 1.82) is 5.26 Å². The van der Waals surface area contributed by atoms with Crippen LogP contribution < -0.4 is 4.74 Å². The van der Waals surface area contributed by atoms with Crippen molar-refractivity contribution >= 4 is 5.78 Å². The van der Waals surface area contributed by atoms with Crippen LogP contribution in [0.3, 0.4) is 0 Å². The summed E-state index contributed by atoms with van der Waals surface area (Å²) in [6, 6.07) is 5.75. The first-order chi connectivity index (χ1) is 7.83. The first kappa shape index (κ1) is 13.2. The number of rotatable bonds is 3. The van der Waals surface area contributed by atoms with Crippen LogP contribution in [0.1, 0.15) is 35.3 Å². The summed E-state index contributed by atoms with van der Waals surface area (Å²) in [4.78, 5) is 12.3. The Morgan fingerprint density at radius 2 is 1.94 bits per heavy atom. The van der Waals surface area contributed by atoms with E-state index in [2.05, 4.69) is 0 Å². The van der Waals surface area contributed by atoms with Crippen molar-refractivity contribution in [3.63, 3.8) is 0 Å². The highest BCUT2D eigenvalue weighted by Crippen LogP contribution is 2.31. The van der Waals surface area contributed by atoms with Crippen molar-refractivity contribution in [1.82, 2.24) is 0 Å². The van der Waals surface area contributed by atoms with Crippen LogP contribution in [0.2, 0.25) is 0 Å². The number of aryl methyl sites for hydroxylation is 2. The van der Waals surface area contributed by atoms with Gasteiger partial charge in [0, 0.05) is 0 Å². The molecule has 0 amide bonds. The lowest BCUT2D eigenvalue weighted by Crippen LogP contribution is -2.23. The average molecular weight is 231 g/mol. The molecule has 0 saturated heterocycles. The molecule has 0 fully saturated rings. The van der Waals surface area contributed by atoms with E-state index in [1.54, 1.807) is 19.9 Å². The van der Waals surface area contributed by atoms with Gasteiger partial charge in [0.2, 0.25) is 0 Å². The predicted molar refractivity (Wildman–Crippen MR) is 66.2 cm³/mol. The maximum Gasteiger partial charge on any atom is 0.186 e. The van der Waals surface area contributed by atoms with Crippen LogP contribution in [-0.2, 0) is 0 Å². The zero-order valence-electron chi connectivity index (χ0n) is 10.9. The number of ketones is 1. The van der Waals surface area contributed by atoms with Crippen LogP contribution in [0.15, 0.2) is 12.1 Å². The van der Waals surface area contributed by atoms with E-state index < -0.39 is 5.41 Å². The lowest BCUT2D eigenvalue weighted by atomic mass is 9.84. The Hall–Kier alpha value is -1.82. The fourth-order valence-electron chi connectivity index (χ4n) is 1.78. The van der Waals surface area contributed by atoms with Crippen LogP contribution in [0.25, 0.3) is 0 Å². The van der Waals surface area contributed by atoms with Crippen molar-refractivity contribution in [3.05, 3.63) is 28.8 Å². The summed E-state index contributed by atoms with van der Waals surface area (Å²) in [5, 5.41) is 9.02. The van der Waals surface area contributed by atoms with E-state index in [1.165, 1.54) is 7.11 Å². The Labute approximate surface area is 102 Å². The van der Waals surface area contributed by atoms with Crippen molar-refractivity contribution in [2.24, 2.45) is 5.41 Å². The molecule has 17 heavy (non-hydrogen) atoms. The number of hydrogen-bond donors (Lipinski definition) is 0. The maximum absolute atomic E-state index is 12.3. The maximum atomic E-state index is 12.3. The molecule has 0 aliphatic rings. The van der Waals surface area contributed by atoms with Gasteiger partial charge in [0.05, 0.1) is 18.7 Å². The van der Waals surface area contributed by atoms with E-state index in [4.69, 9.17) is 10.00 Å². The van der Waals surface area contributed by atoms with Gasteiger partial charge in [0.1, 0.15) is 11.2 Å². The highest BCUT2D eigenvalue weighted by Gasteiger charge is 2.31. The van der Waals surface area contributed by atoms with E-state index in [0.29, 0.717) is 11.3 Å². The highest BCUT2D eigenvalue weighted by molar-refractivity contribution is 6.04. The topological polar surface area (TPSA) is 50.1 Å². The average Bonchev–Trinajstić information content (AvgIpc) is 2.27. The normalized spacial score (nSPS) is 10.8. The van der Waals surface area contributed by atoms with Crippen LogP contribution in [0.5, 0.6) is 5.75 Å². The molecule has 0 radical (unpaired) electrons. The van der Waals surface area contributed by atoms with E-state index in [0.717, 1.165) is 11.1 Å². The Morgan fingerprint density at radius 1 is 1.35 bits per heavy atom. The van der Waals surface area contributed by atoms with Gasteiger partial charge >= 0.3 is 0 Å². The summed E-state index contributed by atoms with van der Waals surface area (Å²) < 4.78 is 5.26. The molecular weight excluding hydrogens is 214 g/mol. The standard InChI is InChI=1S/C14H17NO2/c1-9-6-10(2)12(17-5)11(7-9)13(16)14(3,4)8-15/h6-7H,1-5H3. The first-order valence-electron chi connectivity index (χ1n) is 5.44. The van der Waals surface area contributed by atoms with Gasteiger partial charge in [-0.3, -0.25) is 4.79 Å². The van der Waals surface area contributed by atoms with E-state index in [1.807, 2.05) is 26.0 Å². The van der Waals surface area contributed by atoms with Crippen LogP contribution in [0.4, 0.5) is 0 Å². The summed E-state index contributed by atoms with van der Waals surface area (Å²) in [7, 11) is 1.54. The number of methoxy groups -OCH3 is 1. The lowest BCUT2D eigenvalue weighted by Gasteiger charge is -2.18. The largest absolute Gasteiger partial charge is 0.496 e. The summed E-state index contributed by atoms with van der Waals surface area (Å²) in [5.74, 6) is 0.354. The molecule has 0 saturated carbocycles. The fraction of sp³-hybridized carbons (Fsp3) is 0.429. The molecule has 0 aliphatic carbocycles. The van der Waals surface area contributed by atoms with Crippen LogP contribution >= 0.6 is 0 Å². The van der Waals surface area contributed by atoms with Gasteiger partial charge in [-0.1, -0.05) is 6.07 Å². The Bertz CT molecular complexity index is 496. The van der Waals surface area contributed by atoms with Gasteiger partial charge in [0.15, 0.2) is 5.78 Å². The minimum atomic E-state index is -1.03. The number of benzene rings is 1. The molecule has 1 aromatic carbocycles. The van der Waals surface area contributed by atoms with Gasteiger partial charge in [-0.05, 0) is 44.9 Å². The molecule has 1 rings (SSSR count). The van der Waals surface area contributed by atoms with Crippen molar-refractivity contribution in [3.8, 4) is 11.8 Å². The molecule has 0 atom stereocenters. The van der Waals surface area contributed by atoms with Gasteiger partial charge in [0.25, 0.3) is 0 Å².